The lowest BCUT2D eigenvalue weighted by Gasteiger charge is -2.27. The molecule has 1 aliphatic heterocycles. The van der Waals surface area contributed by atoms with Gasteiger partial charge in [0.15, 0.2) is 0 Å². The molecular weight excluding hydrogens is 361 g/mol. The average molecular weight is 373 g/mol. The largest absolute Gasteiger partial charge is 0.471 e. The van der Waals surface area contributed by atoms with E-state index in [1.807, 2.05) is 4.57 Å². The molecule has 0 bridgehead atoms. The van der Waals surface area contributed by atoms with Gasteiger partial charge in [0.1, 0.15) is 5.82 Å². The molecule has 132 valence electrons. The molecule has 0 radical (unpaired) electrons. The van der Waals surface area contributed by atoms with E-state index in [1.165, 1.54) is 0 Å². The minimum Gasteiger partial charge on any atom is -0.376 e. The Morgan fingerprint density at radius 3 is 2.68 bits per heavy atom. The summed E-state index contributed by atoms with van der Waals surface area (Å²) in [6, 6.07) is 5.01. The Labute approximate surface area is 144 Å². The van der Waals surface area contributed by atoms with Gasteiger partial charge in [-0.15, -0.1) is 11.6 Å². The van der Waals surface area contributed by atoms with E-state index in [0.29, 0.717) is 23.4 Å². The van der Waals surface area contributed by atoms with Gasteiger partial charge in [0.25, 0.3) is 0 Å². The highest BCUT2D eigenvalue weighted by Gasteiger charge is 2.38. The second kappa shape index (κ2) is 5.99. The first-order valence-corrected chi connectivity index (χ1v) is 8.07. The number of nitrogens with zero attached hydrogens (tertiary/aromatic N) is 4. The van der Waals surface area contributed by atoms with Crippen LogP contribution in [0.25, 0.3) is 22.4 Å². The van der Waals surface area contributed by atoms with E-state index in [1.54, 1.807) is 18.2 Å². The molecule has 0 aliphatic carbocycles. The predicted octanol–water partition coefficient (Wildman–Crippen LogP) is 3.63. The van der Waals surface area contributed by atoms with Crippen LogP contribution < -0.4 is 0 Å². The molecule has 1 saturated heterocycles. The van der Waals surface area contributed by atoms with Gasteiger partial charge in [0.05, 0.1) is 29.6 Å². The smallest absolute Gasteiger partial charge is 0.376 e. The summed E-state index contributed by atoms with van der Waals surface area (Å²) in [5, 5.41) is 3.39. The molecule has 0 amide bonds. The zero-order chi connectivity index (χ0) is 17.6. The maximum absolute atomic E-state index is 12.6. The fourth-order valence-electron chi connectivity index (χ4n) is 2.71. The predicted molar refractivity (Wildman–Crippen MR) is 81.9 cm³/mol. The second-order valence-electron chi connectivity index (χ2n) is 5.68. The molecule has 0 N–H and O–H groups in total. The van der Waals surface area contributed by atoms with Crippen LogP contribution in [0, 0.1) is 0 Å². The molecule has 1 fully saturated rings. The third-order valence-corrected chi connectivity index (χ3v) is 4.29. The molecule has 4 rings (SSSR count). The number of rotatable bonds is 4. The quantitative estimate of drug-likeness (QED) is 0.654. The van der Waals surface area contributed by atoms with Crippen LogP contribution in [-0.4, -0.2) is 32.4 Å². The Morgan fingerprint density at radius 2 is 2.08 bits per heavy atom. The number of hydrogen-bond acceptors (Lipinski definition) is 5. The summed E-state index contributed by atoms with van der Waals surface area (Å²) in [5.74, 6) is -0.624. The Hall–Kier alpha value is -2.13. The SMILES string of the molecule is FC(F)(F)c1nc(-c2ccc3c(c2)nc(CCl)n3CC2CCO2)no1. The van der Waals surface area contributed by atoms with Gasteiger partial charge >= 0.3 is 12.1 Å². The van der Waals surface area contributed by atoms with Crippen LogP contribution in [0.15, 0.2) is 22.7 Å². The topological polar surface area (TPSA) is 66.0 Å². The first-order valence-electron chi connectivity index (χ1n) is 7.53. The molecule has 3 aromatic rings. The van der Waals surface area contributed by atoms with Gasteiger partial charge in [0, 0.05) is 12.2 Å². The van der Waals surface area contributed by atoms with Gasteiger partial charge in [0.2, 0.25) is 5.82 Å². The summed E-state index contributed by atoms with van der Waals surface area (Å²) in [7, 11) is 0. The van der Waals surface area contributed by atoms with Crippen molar-refractivity contribution >= 4 is 22.6 Å². The van der Waals surface area contributed by atoms with Crippen molar-refractivity contribution < 1.29 is 22.4 Å². The van der Waals surface area contributed by atoms with E-state index in [9.17, 15) is 13.2 Å². The van der Waals surface area contributed by atoms with E-state index in [4.69, 9.17) is 16.3 Å². The number of fused-ring (bicyclic) bond motifs is 1. The fourth-order valence-corrected chi connectivity index (χ4v) is 2.92. The molecule has 25 heavy (non-hydrogen) atoms. The maximum atomic E-state index is 12.6. The lowest BCUT2D eigenvalue weighted by molar-refractivity contribution is -0.159. The highest BCUT2D eigenvalue weighted by molar-refractivity contribution is 6.16. The standard InChI is InChI=1S/C15H12ClF3N4O2/c16-6-12-20-10-5-8(13-21-14(25-22-13)15(17,18)19)1-2-11(10)23(12)7-9-3-4-24-9/h1-2,5,9H,3-4,6-7H2. The van der Waals surface area contributed by atoms with Crippen LogP contribution in [0.4, 0.5) is 13.2 Å². The van der Waals surface area contributed by atoms with Gasteiger partial charge in [-0.05, 0) is 24.6 Å². The van der Waals surface area contributed by atoms with Crippen LogP contribution in [0.5, 0.6) is 0 Å². The molecule has 1 aliphatic rings. The molecule has 10 heteroatoms. The summed E-state index contributed by atoms with van der Waals surface area (Å²) in [6.07, 6.45) is -3.57. The Kier molecular flexibility index (Phi) is 3.92. The third-order valence-electron chi connectivity index (χ3n) is 4.05. The van der Waals surface area contributed by atoms with Crippen LogP contribution in [0.1, 0.15) is 18.1 Å². The number of halogens is 4. The van der Waals surface area contributed by atoms with Crippen LogP contribution in [0.3, 0.4) is 0 Å². The van der Waals surface area contributed by atoms with Crippen molar-refractivity contribution in [1.82, 2.24) is 19.7 Å². The number of benzene rings is 1. The molecule has 3 heterocycles. The van der Waals surface area contributed by atoms with Crippen molar-refractivity contribution in [3.8, 4) is 11.4 Å². The van der Waals surface area contributed by atoms with E-state index in [-0.39, 0.29) is 17.8 Å². The molecule has 1 atom stereocenters. The highest BCUT2D eigenvalue weighted by Crippen LogP contribution is 2.30. The molecule has 0 spiro atoms. The molecule has 2 aromatic heterocycles. The van der Waals surface area contributed by atoms with Gasteiger partial charge in [-0.3, -0.25) is 0 Å². The summed E-state index contributed by atoms with van der Waals surface area (Å²) in [6.45, 7) is 1.38. The number of ether oxygens (including phenoxy) is 1. The van der Waals surface area contributed by atoms with Crippen molar-refractivity contribution in [2.75, 3.05) is 6.61 Å². The molecule has 1 aromatic carbocycles. The maximum Gasteiger partial charge on any atom is 0.471 e. The molecule has 1 unspecified atom stereocenters. The summed E-state index contributed by atoms with van der Waals surface area (Å²) >= 11 is 5.97. The number of alkyl halides is 4. The molecule has 0 saturated carbocycles. The molecular formula is C15H12ClF3N4O2. The van der Waals surface area contributed by atoms with E-state index in [2.05, 4.69) is 19.6 Å². The van der Waals surface area contributed by atoms with Gasteiger partial charge < -0.3 is 13.8 Å². The zero-order valence-electron chi connectivity index (χ0n) is 12.8. The molecule has 6 nitrogen and oxygen atoms in total. The lowest BCUT2D eigenvalue weighted by atomic mass is 10.1. The van der Waals surface area contributed by atoms with Gasteiger partial charge in [-0.2, -0.15) is 18.2 Å². The minimum absolute atomic E-state index is 0.130. The average Bonchev–Trinajstić information content (AvgIpc) is 3.14. The summed E-state index contributed by atoms with van der Waals surface area (Å²) in [5.41, 5.74) is 1.82. The first-order chi connectivity index (χ1) is 12.0. The second-order valence-corrected chi connectivity index (χ2v) is 5.95. The number of hydrogen-bond donors (Lipinski definition) is 0. The van der Waals surface area contributed by atoms with Crippen molar-refractivity contribution in [1.29, 1.82) is 0 Å². The van der Waals surface area contributed by atoms with Gasteiger partial charge in [-0.1, -0.05) is 5.16 Å². The fraction of sp³-hybridized carbons (Fsp3) is 0.400. The van der Waals surface area contributed by atoms with E-state index < -0.39 is 12.1 Å². The zero-order valence-corrected chi connectivity index (χ0v) is 13.5. The van der Waals surface area contributed by atoms with Crippen LogP contribution in [-0.2, 0) is 23.3 Å². The van der Waals surface area contributed by atoms with E-state index in [0.717, 1.165) is 18.5 Å². The van der Waals surface area contributed by atoms with Crippen molar-refractivity contribution in [3.05, 3.63) is 29.9 Å². The summed E-state index contributed by atoms with van der Waals surface area (Å²) in [4.78, 5) is 7.85. The first kappa shape index (κ1) is 16.3. The Bertz CT molecular complexity index is 917. The number of aromatic nitrogens is 4. The van der Waals surface area contributed by atoms with Crippen LogP contribution >= 0.6 is 11.6 Å². The third kappa shape index (κ3) is 2.98. The normalized spacial score (nSPS) is 17.8. The highest BCUT2D eigenvalue weighted by atomic mass is 35.5. The van der Waals surface area contributed by atoms with Crippen molar-refractivity contribution in [2.45, 2.75) is 31.1 Å². The number of imidazole rings is 1. The van der Waals surface area contributed by atoms with Gasteiger partial charge in [-0.25, -0.2) is 4.98 Å². The van der Waals surface area contributed by atoms with E-state index >= 15 is 0 Å². The van der Waals surface area contributed by atoms with Crippen LogP contribution in [0.2, 0.25) is 0 Å². The van der Waals surface area contributed by atoms with Crippen molar-refractivity contribution in [2.24, 2.45) is 0 Å². The monoisotopic (exact) mass is 372 g/mol. The Balaban J connectivity index is 1.71. The Morgan fingerprint density at radius 1 is 1.28 bits per heavy atom. The lowest BCUT2D eigenvalue weighted by Crippen LogP contribution is -2.31. The minimum atomic E-state index is -4.68. The summed E-state index contributed by atoms with van der Waals surface area (Å²) < 4.78 is 49.5. The van der Waals surface area contributed by atoms with Crippen molar-refractivity contribution in [3.63, 3.8) is 0 Å².